The number of carboxylic acids is 1. The zero-order valence-corrected chi connectivity index (χ0v) is 11.9. The van der Waals surface area contributed by atoms with Gasteiger partial charge < -0.3 is 10.4 Å². The van der Waals surface area contributed by atoms with E-state index in [4.69, 9.17) is 5.11 Å². The first-order chi connectivity index (χ1) is 8.97. The second-order valence-corrected chi connectivity index (χ2v) is 5.91. The molecule has 100 valence electrons. The predicted octanol–water partition coefficient (Wildman–Crippen LogP) is 1.84. The lowest BCUT2D eigenvalue weighted by molar-refractivity contribution is 0.0701. The average Bonchev–Trinajstić information content (AvgIpc) is 2.92. The number of carboxylic acid groups (broad SMARTS) is 1. The van der Waals surface area contributed by atoms with Crippen molar-refractivity contribution in [2.45, 2.75) is 20.4 Å². The summed E-state index contributed by atoms with van der Waals surface area (Å²) in [5.74, 6) is -1.28. The van der Waals surface area contributed by atoms with E-state index in [9.17, 15) is 9.59 Å². The summed E-state index contributed by atoms with van der Waals surface area (Å²) in [6.07, 6.45) is 0. The molecule has 0 saturated carbocycles. The third kappa shape index (κ3) is 3.15. The minimum Gasteiger partial charge on any atom is -0.477 e. The number of aromatic carboxylic acids is 1. The number of carbonyl (C=O) groups is 2. The zero-order chi connectivity index (χ0) is 14.0. The maximum atomic E-state index is 11.8. The van der Waals surface area contributed by atoms with Gasteiger partial charge in [-0.1, -0.05) is 0 Å². The van der Waals surface area contributed by atoms with E-state index in [0.29, 0.717) is 16.4 Å². The van der Waals surface area contributed by atoms with Gasteiger partial charge in [0.25, 0.3) is 5.91 Å². The highest BCUT2D eigenvalue weighted by Crippen LogP contribution is 2.18. The van der Waals surface area contributed by atoms with Crippen LogP contribution < -0.4 is 5.32 Å². The van der Waals surface area contributed by atoms with Crippen LogP contribution in [-0.4, -0.2) is 27.0 Å². The summed E-state index contributed by atoms with van der Waals surface area (Å²) in [7, 11) is 0. The second kappa shape index (κ2) is 5.45. The molecule has 2 rings (SSSR count). The normalized spacial score (nSPS) is 10.4. The van der Waals surface area contributed by atoms with Crippen LogP contribution in [0.5, 0.6) is 0 Å². The molecule has 8 heteroatoms. The van der Waals surface area contributed by atoms with E-state index in [2.05, 4.69) is 15.3 Å². The van der Waals surface area contributed by atoms with Crippen molar-refractivity contribution < 1.29 is 14.7 Å². The van der Waals surface area contributed by atoms with E-state index >= 15 is 0 Å². The summed E-state index contributed by atoms with van der Waals surface area (Å²) < 4.78 is 0. The number of aromatic nitrogens is 2. The van der Waals surface area contributed by atoms with Crippen LogP contribution in [0.25, 0.3) is 0 Å². The van der Waals surface area contributed by atoms with E-state index < -0.39 is 5.97 Å². The van der Waals surface area contributed by atoms with Gasteiger partial charge in [-0.3, -0.25) is 4.79 Å². The molecule has 19 heavy (non-hydrogen) atoms. The number of hydrogen-bond donors (Lipinski definition) is 2. The van der Waals surface area contributed by atoms with Gasteiger partial charge in [-0.05, 0) is 13.8 Å². The fraction of sp³-hybridized carbons (Fsp3) is 0.273. The van der Waals surface area contributed by atoms with Crippen LogP contribution in [-0.2, 0) is 6.54 Å². The minimum atomic E-state index is -0.997. The Morgan fingerprint density at radius 2 is 2.11 bits per heavy atom. The maximum absolute atomic E-state index is 11.8. The molecule has 2 aromatic rings. The number of amides is 1. The molecule has 0 bridgehead atoms. The van der Waals surface area contributed by atoms with Gasteiger partial charge >= 0.3 is 5.97 Å². The SMILES string of the molecule is Cc1nc(C(=O)NCc2nc(C)c(C(=O)O)s2)cs1. The zero-order valence-electron chi connectivity index (χ0n) is 10.3. The summed E-state index contributed by atoms with van der Waals surface area (Å²) in [5, 5.41) is 14.6. The number of rotatable bonds is 4. The lowest BCUT2D eigenvalue weighted by atomic mass is 10.4. The molecule has 0 aliphatic rings. The van der Waals surface area contributed by atoms with Crippen molar-refractivity contribution >= 4 is 34.6 Å². The Labute approximate surface area is 117 Å². The van der Waals surface area contributed by atoms with Crippen molar-refractivity contribution in [2.75, 3.05) is 0 Å². The lowest BCUT2D eigenvalue weighted by Gasteiger charge is -1.99. The molecule has 2 heterocycles. The molecular formula is C11H11N3O3S2. The molecule has 0 unspecified atom stereocenters. The first-order valence-electron chi connectivity index (χ1n) is 5.37. The number of aryl methyl sites for hydroxylation is 2. The Hall–Kier alpha value is -1.80. The van der Waals surface area contributed by atoms with Crippen molar-refractivity contribution in [1.29, 1.82) is 0 Å². The highest BCUT2D eigenvalue weighted by Gasteiger charge is 2.15. The van der Waals surface area contributed by atoms with Crippen LogP contribution in [0.2, 0.25) is 0 Å². The van der Waals surface area contributed by atoms with E-state index in [1.807, 2.05) is 6.92 Å². The molecule has 2 N–H and O–H groups in total. The van der Waals surface area contributed by atoms with Crippen LogP contribution in [0.3, 0.4) is 0 Å². The highest BCUT2D eigenvalue weighted by atomic mass is 32.1. The summed E-state index contributed by atoms with van der Waals surface area (Å²) in [5.41, 5.74) is 0.834. The number of carbonyl (C=O) groups excluding carboxylic acids is 1. The van der Waals surface area contributed by atoms with Gasteiger partial charge in [0.15, 0.2) is 0 Å². The van der Waals surface area contributed by atoms with Crippen LogP contribution in [0.15, 0.2) is 5.38 Å². The molecule has 0 radical (unpaired) electrons. The lowest BCUT2D eigenvalue weighted by Crippen LogP contribution is -2.23. The van der Waals surface area contributed by atoms with Crippen molar-refractivity contribution in [3.63, 3.8) is 0 Å². The van der Waals surface area contributed by atoms with Gasteiger partial charge in [-0.2, -0.15) is 0 Å². The van der Waals surface area contributed by atoms with Gasteiger partial charge in [0.2, 0.25) is 0 Å². The molecule has 0 saturated heterocycles. The fourth-order valence-electron chi connectivity index (χ4n) is 1.44. The van der Waals surface area contributed by atoms with Gasteiger partial charge in [0.1, 0.15) is 15.6 Å². The van der Waals surface area contributed by atoms with Crippen LogP contribution >= 0.6 is 22.7 Å². The quantitative estimate of drug-likeness (QED) is 0.898. The molecule has 6 nitrogen and oxygen atoms in total. The first kappa shape index (κ1) is 13.6. The summed E-state index contributed by atoms with van der Waals surface area (Å²) >= 11 is 2.47. The van der Waals surface area contributed by atoms with E-state index in [-0.39, 0.29) is 17.3 Å². The van der Waals surface area contributed by atoms with E-state index in [1.54, 1.807) is 12.3 Å². The fourth-order valence-corrected chi connectivity index (χ4v) is 2.88. The van der Waals surface area contributed by atoms with E-state index in [0.717, 1.165) is 16.3 Å². The topological polar surface area (TPSA) is 92.2 Å². The third-order valence-corrected chi connectivity index (χ3v) is 4.21. The van der Waals surface area contributed by atoms with Gasteiger partial charge in [-0.25, -0.2) is 14.8 Å². The predicted molar refractivity (Wildman–Crippen MR) is 71.8 cm³/mol. The van der Waals surface area contributed by atoms with Gasteiger partial charge in [0.05, 0.1) is 17.2 Å². The molecule has 0 aromatic carbocycles. The third-order valence-electron chi connectivity index (χ3n) is 2.29. The summed E-state index contributed by atoms with van der Waals surface area (Å²) in [4.78, 5) is 31.0. The molecule has 0 aliphatic carbocycles. The molecule has 0 aliphatic heterocycles. The average molecular weight is 297 g/mol. The summed E-state index contributed by atoms with van der Waals surface area (Å²) in [6.45, 7) is 3.66. The number of hydrogen-bond acceptors (Lipinski definition) is 6. The van der Waals surface area contributed by atoms with Crippen LogP contribution in [0.4, 0.5) is 0 Å². The van der Waals surface area contributed by atoms with Gasteiger partial charge in [0, 0.05) is 5.38 Å². The number of nitrogens with zero attached hydrogens (tertiary/aromatic N) is 2. The Bertz CT molecular complexity index is 633. The Balaban J connectivity index is 2.01. The molecular weight excluding hydrogens is 286 g/mol. The largest absolute Gasteiger partial charge is 0.477 e. The molecule has 0 atom stereocenters. The second-order valence-electron chi connectivity index (χ2n) is 3.76. The Morgan fingerprint density at radius 3 is 2.63 bits per heavy atom. The number of thiazole rings is 2. The van der Waals surface area contributed by atoms with Crippen molar-refractivity contribution in [3.8, 4) is 0 Å². The standard InChI is InChI=1S/C11H11N3O3S2/c1-5-9(11(16)17)19-8(13-5)3-12-10(15)7-4-18-6(2)14-7/h4H,3H2,1-2H3,(H,12,15)(H,16,17). The summed E-state index contributed by atoms with van der Waals surface area (Å²) in [6, 6.07) is 0. The van der Waals surface area contributed by atoms with Crippen LogP contribution in [0, 0.1) is 13.8 Å². The first-order valence-corrected chi connectivity index (χ1v) is 7.07. The van der Waals surface area contributed by atoms with Gasteiger partial charge in [-0.15, -0.1) is 22.7 Å². The Kier molecular flexibility index (Phi) is 3.91. The molecule has 0 spiro atoms. The minimum absolute atomic E-state index is 0.203. The number of nitrogens with one attached hydrogen (secondary N) is 1. The Morgan fingerprint density at radius 1 is 1.37 bits per heavy atom. The van der Waals surface area contributed by atoms with E-state index in [1.165, 1.54) is 11.3 Å². The molecule has 1 amide bonds. The monoisotopic (exact) mass is 297 g/mol. The highest BCUT2D eigenvalue weighted by molar-refractivity contribution is 7.13. The molecule has 0 fully saturated rings. The van der Waals surface area contributed by atoms with Crippen molar-refractivity contribution in [2.24, 2.45) is 0 Å². The maximum Gasteiger partial charge on any atom is 0.347 e. The van der Waals surface area contributed by atoms with Crippen molar-refractivity contribution in [3.05, 3.63) is 31.7 Å². The van der Waals surface area contributed by atoms with Crippen molar-refractivity contribution in [1.82, 2.24) is 15.3 Å². The smallest absolute Gasteiger partial charge is 0.347 e. The molecule has 2 aromatic heterocycles. The van der Waals surface area contributed by atoms with Crippen LogP contribution in [0.1, 0.15) is 35.9 Å².